The van der Waals surface area contributed by atoms with Crippen molar-refractivity contribution < 1.29 is 14.2 Å². The first-order chi connectivity index (χ1) is 13.5. The minimum Gasteiger partial charge on any atom is -0.497 e. The van der Waals surface area contributed by atoms with Crippen molar-refractivity contribution in [3.05, 3.63) is 29.8 Å². The summed E-state index contributed by atoms with van der Waals surface area (Å²) in [5, 5.41) is 3.57. The Labute approximate surface area is 170 Å². The number of hydrogen-bond acceptors (Lipinski definition) is 4. The summed E-state index contributed by atoms with van der Waals surface area (Å²) in [7, 11) is 5.28. The first-order valence-corrected chi connectivity index (χ1v) is 10.2. The van der Waals surface area contributed by atoms with E-state index in [0.29, 0.717) is 6.10 Å². The molecule has 0 spiro atoms. The van der Waals surface area contributed by atoms with Crippen LogP contribution in [0.25, 0.3) is 0 Å². The van der Waals surface area contributed by atoms with Crippen LogP contribution in [0.1, 0.15) is 38.7 Å². The second-order valence-corrected chi connectivity index (χ2v) is 7.92. The smallest absolute Gasteiger partial charge is 0.193 e. The third-order valence-electron chi connectivity index (χ3n) is 5.36. The van der Waals surface area contributed by atoms with E-state index in [0.717, 1.165) is 63.8 Å². The van der Waals surface area contributed by atoms with Crippen LogP contribution in [0, 0.1) is 0 Å². The number of guanidine groups is 1. The van der Waals surface area contributed by atoms with E-state index in [1.807, 2.05) is 19.2 Å². The molecule has 0 amide bonds. The predicted octanol–water partition coefficient (Wildman–Crippen LogP) is 3.07. The maximum Gasteiger partial charge on any atom is 0.193 e. The van der Waals surface area contributed by atoms with E-state index in [4.69, 9.17) is 14.2 Å². The van der Waals surface area contributed by atoms with Crippen LogP contribution in [0.5, 0.6) is 5.75 Å². The number of aliphatic imine (C=N–C) groups is 1. The second kappa shape index (κ2) is 11.3. The average molecular weight is 392 g/mol. The lowest BCUT2D eigenvalue weighted by atomic mass is 9.84. The molecule has 1 saturated heterocycles. The van der Waals surface area contributed by atoms with E-state index < -0.39 is 0 Å². The van der Waals surface area contributed by atoms with Crippen LogP contribution < -0.4 is 10.1 Å². The summed E-state index contributed by atoms with van der Waals surface area (Å²) in [6.45, 7) is 8.79. The first kappa shape index (κ1) is 22.5. The molecule has 1 aliphatic heterocycles. The molecule has 28 heavy (non-hydrogen) atoms. The van der Waals surface area contributed by atoms with Crippen LogP contribution in [0.2, 0.25) is 0 Å². The highest BCUT2D eigenvalue weighted by Gasteiger charge is 2.25. The molecule has 0 bridgehead atoms. The van der Waals surface area contributed by atoms with Crippen molar-refractivity contribution in [1.29, 1.82) is 0 Å². The molecule has 0 radical (unpaired) electrons. The lowest BCUT2D eigenvalue weighted by Crippen LogP contribution is -2.49. The Kier molecular flexibility index (Phi) is 9.06. The summed E-state index contributed by atoms with van der Waals surface area (Å²) < 4.78 is 16.3. The Hall–Kier alpha value is -1.79. The molecule has 1 heterocycles. The van der Waals surface area contributed by atoms with Gasteiger partial charge in [0.25, 0.3) is 0 Å². The van der Waals surface area contributed by atoms with Gasteiger partial charge in [0, 0.05) is 52.4 Å². The number of nitrogens with one attached hydrogen (secondary N) is 1. The number of nitrogens with zero attached hydrogens (tertiary/aromatic N) is 2. The van der Waals surface area contributed by atoms with E-state index in [2.05, 4.69) is 41.2 Å². The van der Waals surface area contributed by atoms with Gasteiger partial charge in [0.15, 0.2) is 5.96 Å². The topological polar surface area (TPSA) is 55.3 Å². The van der Waals surface area contributed by atoms with Crippen LogP contribution in [0.15, 0.2) is 29.3 Å². The summed E-state index contributed by atoms with van der Waals surface area (Å²) in [6, 6.07) is 8.30. The Morgan fingerprint density at radius 3 is 2.39 bits per heavy atom. The molecule has 1 aliphatic rings. The van der Waals surface area contributed by atoms with Crippen molar-refractivity contribution in [1.82, 2.24) is 10.2 Å². The molecule has 2 rings (SSSR count). The SMILES string of the molecule is CN=C(NCC(C)(C)c1ccc(OC)cc1)N1CCC(OCCCOC)CC1. The van der Waals surface area contributed by atoms with Gasteiger partial charge in [-0.15, -0.1) is 0 Å². The third kappa shape index (κ3) is 6.67. The highest BCUT2D eigenvalue weighted by atomic mass is 16.5. The van der Waals surface area contributed by atoms with Crippen LogP contribution in [0.3, 0.4) is 0 Å². The standard InChI is InChI=1S/C22H37N3O3/c1-22(2,18-7-9-19(27-5)10-8-18)17-24-21(23-3)25-13-11-20(12-14-25)28-16-6-15-26-4/h7-10,20H,6,11-17H2,1-5H3,(H,23,24). The predicted molar refractivity (Wildman–Crippen MR) is 114 cm³/mol. The minimum atomic E-state index is -0.00894. The fourth-order valence-electron chi connectivity index (χ4n) is 3.46. The van der Waals surface area contributed by atoms with Crippen molar-refractivity contribution in [3.63, 3.8) is 0 Å². The lowest BCUT2D eigenvalue weighted by molar-refractivity contribution is 0.00987. The molecule has 0 unspecified atom stereocenters. The van der Waals surface area contributed by atoms with Crippen LogP contribution >= 0.6 is 0 Å². The highest BCUT2D eigenvalue weighted by molar-refractivity contribution is 5.80. The van der Waals surface area contributed by atoms with Gasteiger partial charge in [-0.25, -0.2) is 0 Å². The maximum atomic E-state index is 5.96. The number of methoxy groups -OCH3 is 2. The molecule has 0 atom stereocenters. The zero-order chi connectivity index (χ0) is 20.4. The Morgan fingerprint density at radius 1 is 1.14 bits per heavy atom. The van der Waals surface area contributed by atoms with Gasteiger partial charge < -0.3 is 24.4 Å². The normalized spacial score (nSPS) is 16.3. The van der Waals surface area contributed by atoms with Crippen LogP contribution in [-0.2, 0) is 14.9 Å². The quantitative estimate of drug-likeness (QED) is 0.398. The molecule has 0 saturated carbocycles. The molecular weight excluding hydrogens is 354 g/mol. The fraction of sp³-hybridized carbons (Fsp3) is 0.682. The summed E-state index contributed by atoms with van der Waals surface area (Å²) in [5.41, 5.74) is 1.27. The van der Waals surface area contributed by atoms with E-state index in [1.54, 1.807) is 14.2 Å². The Morgan fingerprint density at radius 2 is 1.82 bits per heavy atom. The molecule has 158 valence electrons. The van der Waals surface area contributed by atoms with E-state index >= 15 is 0 Å². The zero-order valence-corrected chi connectivity index (χ0v) is 18.2. The molecule has 1 aromatic rings. The van der Waals surface area contributed by atoms with Crippen LogP contribution in [0.4, 0.5) is 0 Å². The molecule has 0 aromatic heterocycles. The summed E-state index contributed by atoms with van der Waals surface area (Å²) in [4.78, 5) is 6.83. The molecule has 1 aromatic carbocycles. The van der Waals surface area contributed by atoms with Crippen molar-refractivity contribution in [3.8, 4) is 5.75 Å². The van der Waals surface area contributed by atoms with Gasteiger partial charge in [0.1, 0.15) is 5.75 Å². The molecule has 1 N–H and O–H groups in total. The molecule has 6 heteroatoms. The molecule has 0 aliphatic carbocycles. The minimum absolute atomic E-state index is 0.00894. The van der Waals surface area contributed by atoms with Crippen molar-refractivity contribution in [2.75, 3.05) is 54.1 Å². The largest absolute Gasteiger partial charge is 0.497 e. The van der Waals surface area contributed by atoms with Crippen molar-refractivity contribution >= 4 is 5.96 Å². The first-order valence-electron chi connectivity index (χ1n) is 10.2. The number of likely N-dealkylation sites (tertiary alicyclic amines) is 1. The van der Waals surface area contributed by atoms with Gasteiger partial charge in [-0.2, -0.15) is 0 Å². The number of benzene rings is 1. The van der Waals surface area contributed by atoms with Crippen molar-refractivity contribution in [2.24, 2.45) is 4.99 Å². The zero-order valence-electron chi connectivity index (χ0n) is 18.2. The van der Waals surface area contributed by atoms with Gasteiger partial charge in [-0.05, 0) is 37.0 Å². The number of rotatable bonds is 9. The highest BCUT2D eigenvalue weighted by Crippen LogP contribution is 2.24. The van der Waals surface area contributed by atoms with Gasteiger partial charge in [0.05, 0.1) is 13.2 Å². The summed E-state index contributed by atoms with van der Waals surface area (Å²) >= 11 is 0. The van der Waals surface area contributed by atoms with Gasteiger partial charge in [-0.3, -0.25) is 4.99 Å². The van der Waals surface area contributed by atoms with Gasteiger partial charge >= 0.3 is 0 Å². The number of piperidine rings is 1. The maximum absolute atomic E-state index is 5.96. The van der Waals surface area contributed by atoms with Gasteiger partial charge in [-0.1, -0.05) is 26.0 Å². The number of ether oxygens (including phenoxy) is 3. The van der Waals surface area contributed by atoms with E-state index in [1.165, 1.54) is 5.56 Å². The molecule has 1 fully saturated rings. The van der Waals surface area contributed by atoms with E-state index in [9.17, 15) is 0 Å². The summed E-state index contributed by atoms with van der Waals surface area (Å²) in [5.74, 6) is 1.86. The second-order valence-electron chi connectivity index (χ2n) is 7.92. The lowest BCUT2D eigenvalue weighted by Gasteiger charge is -2.35. The monoisotopic (exact) mass is 391 g/mol. The number of hydrogen-bond donors (Lipinski definition) is 1. The average Bonchev–Trinajstić information content (AvgIpc) is 2.72. The third-order valence-corrected chi connectivity index (χ3v) is 5.36. The van der Waals surface area contributed by atoms with Gasteiger partial charge in [0.2, 0.25) is 0 Å². The molecule has 6 nitrogen and oxygen atoms in total. The van der Waals surface area contributed by atoms with Crippen LogP contribution in [-0.4, -0.2) is 71.1 Å². The van der Waals surface area contributed by atoms with Crippen molar-refractivity contribution in [2.45, 2.75) is 44.6 Å². The Balaban J connectivity index is 1.80. The summed E-state index contributed by atoms with van der Waals surface area (Å²) in [6.07, 6.45) is 3.38. The Bertz CT molecular complexity index is 594. The fourth-order valence-corrected chi connectivity index (χ4v) is 3.46. The molecular formula is C22H37N3O3. The van der Waals surface area contributed by atoms with E-state index in [-0.39, 0.29) is 5.41 Å².